The Bertz CT molecular complexity index is 44.5. The minimum absolute atomic E-state index is 0.505. The first kappa shape index (κ1) is 7.58. The summed E-state index contributed by atoms with van der Waals surface area (Å²) in [7, 11) is 0. The molecule has 0 rings (SSSR count). The predicted molar refractivity (Wildman–Crippen MR) is 35.0 cm³/mol. The van der Waals surface area contributed by atoms with Crippen molar-refractivity contribution < 1.29 is 0 Å². The van der Waals surface area contributed by atoms with Gasteiger partial charge in [-0.2, -0.15) is 0 Å². The van der Waals surface area contributed by atoms with Gasteiger partial charge in [-0.1, -0.05) is 13.3 Å². The van der Waals surface area contributed by atoms with Crippen molar-refractivity contribution in [1.29, 1.82) is 0 Å². The molecule has 0 aliphatic rings. The molecule has 0 heterocycles. The highest BCUT2D eigenvalue weighted by Gasteiger charge is 2.12. The van der Waals surface area contributed by atoms with Crippen LogP contribution in [0.4, 0.5) is 0 Å². The summed E-state index contributed by atoms with van der Waals surface area (Å²) in [5.41, 5.74) is 0. The van der Waals surface area contributed by atoms with Gasteiger partial charge in [0.1, 0.15) is 4.33 Å². The standard InChI is InChI=1S/C5H10Cl2/c1-3-4-5(2,6)7/h3-4H2,1-2H3. The first-order valence-corrected chi connectivity index (χ1v) is 3.19. The molecule has 0 fully saturated rings. The first-order chi connectivity index (χ1) is 3.06. The summed E-state index contributed by atoms with van der Waals surface area (Å²) in [6.45, 7) is 3.86. The quantitative estimate of drug-likeness (QED) is 0.518. The second kappa shape index (κ2) is 2.78. The van der Waals surface area contributed by atoms with Crippen LogP contribution in [0.1, 0.15) is 26.7 Å². The Morgan fingerprint density at radius 2 is 1.86 bits per heavy atom. The Labute approximate surface area is 54.8 Å². The van der Waals surface area contributed by atoms with Crippen molar-refractivity contribution in [2.75, 3.05) is 0 Å². The summed E-state index contributed by atoms with van der Waals surface area (Å²) in [5.74, 6) is 0. The molecule has 0 aromatic heterocycles. The molecule has 0 N–H and O–H groups in total. The molecule has 0 saturated heterocycles. The van der Waals surface area contributed by atoms with Crippen molar-refractivity contribution in [2.45, 2.75) is 31.0 Å². The van der Waals surface area contributed by atoms with Gasteiger partial charge < -0.3 is 0 Å². The molecule has 44 valence electrons. The maximum absolute atomic E-state index is 5.60. The van der Waals surface area contributed by atoms with Crippen molar-refractivity contribution in [2.24, 2.45) is 0 Å². The SMILES string of the molecule is CCCC(C)(Cl)Cl. The predicted octanol–water partition coefficient (Wildman–Crippen LogP) is 2.98. The summed E-state index contributed by atoms with van der Waals surface area (Å²) in [4.78, 5) is 0. The molecule has 0 bridgehead atoms. The van der Waals surface area contributed by atoms with E-state index in [1.54, 1.807) is 6.92 Å². The minimum atomic E-state index is -0.505. The molecule has 0 atom stereocenters. The van der Waals surface area contributed by atoms with E-state index in [0.717, 1.165) is 12.8 Å². The van der Waals surface area contributed by atoms with Crippen LogP contribution in [0.15, 0.2) is 0 Å². The molecule has 7 heavy (non-hydrogen) atoms. The van der Waals surface area contributed by atoms with Crippen LogP contribution in [-0.2, 0) is 0 Å². The van der Waals surface area contributed by atoms with Crippen molar-refractivity contribution in [3.8, 4) is 0 Å². The summed E-state index contributed by atoms with van der Waals surface area (Å²) < 4.78 is -0.505. The largest absolute Gasteiger partial charge is 0.115 e. The van der Waals surface area contributed by atoms with Crippen LogP contribution in [0.3, 0.4) is 0 Å². The van der Waals surface area contributed by atoms with E-state index in [4.69, 9.17) is 23.2 Å². The summed E-state index contributed by atoms with van der Waals surface area (Å²) >= 11 is 11.2. The Morgan fingerprint density at radius 3 is 1.86 bits per heavy atom. The third-order valence-corrected chi connectivity index (χ3v) is 1.07. The van der Waals surface area contributed by atoms with Gasteiger partial charge in [0.15, 0.2) is 0 Å². The van der Waals surface area contributed by atoms with Gasteiger partial charge in [0.05, 0.1) is 0 Å². The molecule has 0 spiro atoms. The van der Waals surface area contributed by atoms with Gasteiger partial charge in [0.25, 0.3) is 0 Å². The van der Waals surface area contributed by atoms with Crippen LogP contribution in [0.25, 0.3) is 0 Å². The average molecular weight is 141 g/mol. The van der Waals surface area contributed by atoms with Crippen molar-refractivity contribution in [3.63, 3.8) is 0 Å². The fourth-order valence-electron chi connectivity index (χ4n) is 0.439. The minimum Gasteiger partial charge on any atom is -0.102 e. The molecular weight excluding hydrogens is 131 g/mol. The number of hydrogen-bond donors (Lipinski definition) is 0. The zero-order valence-corrected chi connectivity index (χ0v) is 6.18. The van der Waals surface area contributed by atoms with Gasteiger partial charge in [-0.05, 0) is 13.3 Å². The van der Waals surface area contributed by atoms with E-state index >= 15 is 0 Å². The number of rotatable bonds is 2. The maximum atomic E-state index is 5.60. The zero-order valence-electron chi connectivity index (χ0n) is 4.67. The summed E-state index contributed by atoms with van der Waals surface area (Å²) in [6.07, 6.45) is 1.92. The molecule has 2 heteroatoms. The van der Waals surface area contributed by atoms with Crippen molar-refractivity contribution in [3.05, 3.63) is 0 Å². The zero-order chi connectivity index (χ0) is 5.91. The lowest BCUT2D eigenvalue weighted by Crippen LogP contribution is -2.03. The lowest BCUT2D eigenvalue weighted by atomic mass is 10.3. The molecular formula is C5H10Cl2. The van der Waals surface area contributed by atoms with E-state index in [0.29, 0.717) is 0 Å². The van der Waals surface area contributed by atoms with E-state index in [2.05, 4.69) is 6.92 Å². The van der Waals surface area contributed by atoms with Gasteiger partial charge in [-0.25, -0.2) is 0 Å². The molecule has 0 saturated carbocycles. The summed E-state index contributed by atoms with van der Waals surface area (Å²) in [5, 5.41) is 0. The van der Waals surface area contributed by atoms with Gasteiger partial charge in [0.2, 0.25) is 0 Å². The molecule has 0 aromatic carbocycles. The number of halogens is 2. The lowest BCUT2D eigenvalue weighted by Gasteiger charge is -2.08. The van der Waals surface area contributed by atoms with Crippen LogP contribution in [0.5, 0.6) is 0 Å². The van der Waals surface area contributed by atoms with Crippen LogP contribution >= 0.6 is 23.2 Å². The van der Waals surface area contributed by atoms with Crippen molar-refractivity contribution in [1.82, 2.24) is 0 Å². The third-order valence-electron chi connectivity index (χ3n) is 0.689. The Hall–Kier alpha value is 0.580. The average Bonchev–Trinajstić information content (AvgIpc) is 1.30. The lowest BCUT2D eigenvalue weighted by molar-refractivity contribution is 0.728. The highest BCUT2D eigenvalue weighted by Crippen LogP contribution is 2.24. The van der Waals surface area contributed by atoms with Crippen molar-refractivity contribution >= 4 is 23.2 Å². The van der Waals surface area contributed by atoms with Crippen LogP contribution in [-0.4, -0.2) is 4.33 Å². The third kappa shape index (κ3) is 6.58. The maximum Gasteiger partial charge on any atom is 0.115 e. The smallest absolute Gasteiger partial charge is 0.102 e. The second-order valence-electron chi connectivity index (χ2n) is 1.82. The van der Waals surface area contributed by atoms with Gasteiger partial charge in [-0.15, -0.1) is 23.2 Å². The molecule has 0 amide bonds. The van der Waals surface area contributed by atoms with Crippen LogP contribution in [0.2, 0.25) is 0 Å². The summed E-state index contributed by atoms with van der Waals surface area (Å²) in [6, 6.07) is 0. The molecule has 0 unspecified atom stereocenters. The fourth-order valence-corrected chi connectivity index (χ4v) is 0.817. The van der Waals surface area contributed by atoms with E-state index in [-0.39, 0.29) is 0 Å². The fraction of sp³-hybridized carbons (Fsp3) is 1.00. The second-order valence-corrected chi connectivity index (χ2v) is 3.68. The van der Waals surface area contributed by atoms with Gasteiger partial charge in [0, 0.05) is 0 Å². The topological polar surface area (TPSA) is 0 Å². The molecule has 0 aliphatic heterocycles. The molecule has 0 aromatic rings. The Kier molecular flexibility index (Phi) is 3.01. The van der Waals surface area contributed by atoms with Crippen LogP contribution < -0.4 is 0 Å². The first-order valence-electron chi connectivity index (χ1n) is 2.44. The Balaban J connectivity index is 3.15. The van der Waals surface area contributed by atoms with Gasteiger partial charge >= 0.3 is 0 Å². The number of alkyl halides is 2. The molecule has 0 nitrogen and oxygen atoms in total. The monoisotopic (exact) mass is 140 g/mol. The van der Waals surface area contributed by atoms with E-state index in [1.807, 2.05) is 0 Å². The molecule has 0 aliphatic carbocycles. The van der Waals surface area contributed by atoms with E-state index in [9.17, 15) is 0 Å². The van der Waals surface area contributed by atoms with E-state index in [1.165, 1.54) is 0 Å². The highest BCUT2D eigenvalue weighted by atomic mass is 35.5. The van der Waals surface area contributed by atoms with E-state index < -0.39 is 4.33 Å². The Morgan fingerprint density at radius 1 is 1.43 bits per heavy atom. The normalized spacial score (nSPS) is 12.0. The van der Waals surface area contributed by atoms with Gasteiger partial charge in [-0.3, -0.25) is 0 Å². The van der Waals surface area contributed by atoms with Crippen LogP contribution in [0, 0.1) is 0 Å². The number of hydrogen-bond acceptors (Lipinski definition) is 0. The molecule has 0 radical (unpaired) electrons. The highest BCUT2D eigenvalue weighted by molar-refractivity contribution is 6.48.